The van der Waals surface area contributed by atoms with Crippen molar-refractivity contribution in [3.63, 3.8) is 0 Å². The van der Waals surface area contributed by atoms with Gasteiger partial charge < -0.3 is 10.6 Å². The van der Waals surface area contributed by atoms with Crippen molar-refractivity contribution in [1.29, 1.82) is 0 Å². The van der Waals surface area contributed by atoms with Crippen LogP contribution in [0.15, 0.2) is 0 Å². The van der Waals surface area contributed by atoms with Crippen molar-refractivity contribution in [3.8, 4) is 0 Å². The molecule has 0 aliphatic heterocycles. The summed E-state index contributed by atoms with van der Waals surface area (Å²) in [5.41, 5.74) is 7.87. The number of aryl methyl sites for hydroxylation is 2. The quantitative estimate of drug-likeness (QED) is 0.864. The molecular formula is C15H26N4O. The molecule has 0 radical (unpaired) electrons. The maximum Gasteiger partial charge on any atom is 0.274 e. The number of aromatic nitrogens is 2. The molecule has 1 aromatic heterocycles. The minimum absolute atomic E-state index is 0.0110. The third kappa shape index (κ3) is 2.81. The summed E-state index contributed by atoms with van der Waals surface area (Å²) in [5.74, 6) is 0.0110. The van der Waals surface area contributed by atoms with Gasteiger partial charge in [0.25, 0.3) is 5.91 Å². The fourth-order valence-corrected chi connectivity index (χ4v) is 3.03. The van der Waals surface area contributed by atoms with Crippen LogP contribution in [0.25, 0.3) is 0 Å². The molecule has 2 rings (SSSR count). The Morgan fingerprint density at radius 2 is 1.95 bits per heavy atom. The fraction of sp³-hybridized carbons (Fsp3) is 0.733. The molecule has 0 spiro atoms. The molecule has 1 aliphatic carbocycles. The van der Waals surface area contributed by atoms with E-state index in [2.05, 4.69) is 5.10 Å². The third-order valence-corrected chi connectivity index (χ3v) is 4.37. The number of hydrogen-bond donors (Lipinski definition) is 1. The van der Waals surface area contributed by atoms with Gasteiger partial charge in [-0.1, -0.05) is 25.7 Å². The van der Waals surface area contributed by atoms with Gasteiger partial charge in [0.1, 0.15) is 5.69 Å². The Morgan fingerprint density at radius 1 is 1.35 bits per heavy atom. The largest absolute Gasteiger partial charge is 0.395 e. The van der Waals surface area contributed by atoms with Crippen molar-refractivity contribution in [1.82, 2.24) is 14.7 Å². The lowest BCUT2D eigenvalue weighted by atomic mass is 10.1. The van der Waals surface area contributed by atoms with Crippen LogP contribution < -0.4 is 5.73 Å². The molecule has 1 saturated carbocycles. The Labute approximate surface area is 121 Å². The minimum atomic E-state index is 0.0110. The molecule has 1 fully saturated rings. The van der Waals surface area contributed by atoms with Crippen molar-refractivity contribution < 1.29 is 4.79 Å². The molecule has 1 aromatic rings. The summed E-state index contributed by atoms with van der Waals surface area (Å²) in [6, 6.07) is 0.338. The van der Waals surface area contributed by atoms with Gasteiger partial charge in [0.05, 0.1) is 11.4 Å². The number of carbonyl (C=O) groups is 1. The molecule has 20 heavy (non-hydrogen) atoms. The Hall–Kier alpha value is -1.52. The molecule has 0 saturated heterocycles. The standard InChI is InChI=1S/C15H26N4O/c1-4-19-14(13(16)11(2)17-19)15(20)18(3)12-9-7-5-6-8-10-12/h12H,4-10,16H2,1-3H3. The van der Waals surface area contributed by atoms with Crippen LogP contribution in [0.3, 0.4) is 0 Å². The lowest BCUT2D eigenvalue weighted by Crippen LogP contribution is -2.38. The van der Waals surface area contributed by atoms with E-state index in [1.807, 2.05) is 25.8 Å². The zero-order valence-corrected chi connectivity index (χ0v) is 12.9. The minimum Gasteiger partial charge on any atom is -0.395 e. The smallest absolute Gasteiger partial charge is 0.274 e. The van der Waals surface area contributed by atoms with E-state index in [9.17, 15) is 4.79 Å². The van der Waals surface area contributed by atoms with Crippen LogP contribution in [-0.4, -0.2) is 33.7 Å². The second-order valence-electron chi connectivity index (χ2n) is 5.72. The molecule has 0 bridgehead atoms. The van der Waals surface area contributed by atoms with Gasteiger partial charge in [-0.15, -0.1) is 0 Å². The lowest BCUT2D eigenvalue weighted by molar-refractivity contribution is 0.0706. The first-order chi connectivity index (χ1) is 9.56. The highest BCUT2D eigenvalue weighted by Crippen LogP contribution is 2.24. The molecule has 0 unspecified atom stereocenters. The zero-order chi connectivity index (χ0) is 14.7. The second-order valence-corrected chi connectivity index (χ2v) is 5.72. The van der Waals surface area contributed by atoms with Crippen LogP contribution in [0.4, 0.5) is 5.69 Å². The van der Waals surface area contributed by atoms with E-state index in [-0.39, 0.29) is 5.91 Å². The van der Waals surface area contributed by atoms with Crippen LogP contribution in [0.1, 0.15) is 61.6 Å². The van der Waals surface area contributed by atoms with E-state index in [1.165, 1.54) is 25.7 Å². The average Bonchev–Trinajstić information content (AvgIpc) is 2.66. The average molecular weight is 278 g/mol. The number of nitrogens with two attached hydrogens (primary N) is 1. The summed E-state index contributed by atoms with van der Waals surface area (Å²) in [6.07, 6.45) is 7.19. The molecule has 1 heterocycles. The van der Waals surface area contributed by atoms with Crippen LogP contribution in [0, 0.1) is 6.92 Å². The van der Waals surface area contributed by atoms with Crippen molar-refractivity contribution in [3.05, 3.63) is 11.4 Å². The number of nitrogen functional groups attached to an aromatic ring is 1. The van der Waals surface area contributed by atoms with Gasteiger partial charge in [0, 0.05) is 19.6 Å². The summed E-state index contributed by atoms with van der Waals surface area (Å²) in [5, 5.41) is 4.34. The summed E-state index contributed by atoms with van der Waals surface area (Å²) in [7, 11) is 1.90. The Balaban J connectivity index is 2.21. The van der Waals surface area contributed by atoms with Crippen LogP contribution in [0.5, 0.6) is 0 Å². The normalized spacial score (nSPS) is 16.9. The van der Waals surface area contributed by atoms with E-state index in [0.717, 1.165) is 18.5 Å². The van der Waals surface area contributed by atoms with Crippen molar-refractivity contribution >= 4 is 11.6 Å². The topological polar surface area (TPSA) is 64.2 Å². The van der Waals surface area contributed by atoms with Crippen LogP contribution >= 0.6 is 0 Å². The predicted molar refractivity (Wildman–Crippen MR) is 80.6 cm³/mol. The van der Waals surface area contributed by atoms with Crippen molar-refractivity contribution in [2.24, 2.45) is 0 Å². The maximum absolute atomic E-state index is 12.8. The summed E-state index contributed by atoms with van der Waals surface area (Å²) < 4.78 is 1.72. The van der Waals surface area contributed by atoms with E-state index >= 15 is 0 Å². The highest BCUT2D eigenvalue weighted by Gasteiger charge is 2.27. The molecule has 2 N–H and O–H groups in total. The van der Waals surface area contributed by atoms with Gasteiger partial charge in [-0.25, -0.2) is 0 Å². The third-order valence-electron chi connectivity index (χ3n) is 4.37. The highest BCUT2D eigenvalue weighted by atomic mass is 16.2. The maximum atomic E-state index is 12.8. The highest BCUT2D eigenvalue weighted by molar-refractivity contribution is 5.98. The summed E-state index contributed by atoms with van der Waals surface area (Å²) in [6.45, 7) is 4.50. The van der Waals surface area contributed by atoms with Gasteiger partial charge in [-0.3, -0.25) is 9.48 Å². The SMILES string of the molecule is CCn1nc(C)c(N)c1C(=O)N(C)C1CCCCCC1. The first kappa shape index (κ1) is 14.9. The second kappa shape index (κ2) is 6.29. The summed E-state index contributed by atoms with van der Waals surface area (Å²) >= 11 is 0. The number of amides is 1. The molecule has 1 amide bonds. The number of hydrogen-bond acceptors (Lipinski definition) is 3. The molecule has 5 nitrogen and oxygen atoms in total. The van der Waals surface area contributed by atoms with Gasteiger partial charge in [-0.05, 0) is 26.7 Å². The zero-order valence-electron chi connectivity index (χ0n) is 12.9. The van der Waals surface area contributed by atoms with Gasteiger partial charge in [-0.2, -0.15) is 5.10 Å². The lowest BCUT2D eigenvalue weighted by Gasteiger charge is -2.27. The van der Waals surface area contributed by atoms with E-state index in [0.29, 0.717) is 24.0 Å². The predicted octanol–water partition coefficient (Wildman–Crippen LogP) is 2.59. The molecule has 1 aliphatic rings. The number of rotatable bonds is 3. The van der Waals surface area contributed by atoms with E-state index in [1.54, 1.807) is 4.68 Å². The molecule has 5 heteroatoms. The molecular weight excluding hydrogens is 252 g/mol. The Bertz CT molecular complexity index is 472. The molecule has 112 valence electrons. The van der Waals surface area contributed by atoms with Gasteiger partial charge in [0.2, 0.25) is 0 Å². The van der Waals surface area contributed by atoms with Gasteiger partial charge in [0.15, 0.2) is 0 Å². The van der Waals surface area contributed by atoms with Gasteiger partial charge >= 0.3 is 0 Å². The Morgan fingerprint density at radius 3 is 2.50 bits per heavy atom. The fourth-order valence-electron chi connectivity index (χ4n) is 3.03. The molecule has 0 atom stereocenters. The first-order valence-corrected chi connectivity index (χ1v) is 7.66. The Kier molecular flexibility index (Phi) is 4.68. The number of nitrogens with zero attached hydrogens (tertiary/aromatic N) is 3. The van der Waals surface area contributed by atoms with Crippen LogP contribution in [-0.2, 0) is 6.54 Å². The van der Waals surface area contributed by atoms with Crippen molar-refractivity contribution in [2.45, 2.75) is 65.0 Å². The summed E-state index contributed by atoms with van der Waals surface area (Å²) in [4.78, 5) is 14.6. The first-order valence-electron chi connectivity index (χ1n) is 7.66. The van der Waals surface area contributed by atoms with E-state index < -0.39 is 0 Å². The molecule has 0 aromatic carbocycles. The van der Waals surface area contributed by atoms with Crippen molar-refractivity contribution in [2.75, 3.05) is 12.8 Å². The van der Waals surface area contributed by atoms with E-state index in [4.69, 9.17) is 5.73 Å². The number of carbonyl (C=O) groups excluding carboxylic acids is 1. The van der Waals surface area contributed by atoms with Crippen LogP contribution in [0.2, 0.25) is 0 Å². The monoisotopic (exact) mass is 278 g/mol. The number of anilines is 1.